The fourth-order valence-corrected chi connectivity index (χ4v) is 2.95. The van der Waals surface area contributed by atoms with Gasteiger partial charge in [0.05, 0.1) is 11.5 Å². The summed E-state index contributed by atoms with van der Waals surface area (Å²) in [7, 11) is 0. The SMILES string of the molecule is NCC(Sc1ccccc1Br)c1ccco1. The van der Waals surface area contributed by atoms with Crippen LogP contribution in [0.5, 0.6) is 0 Å². The van der Waals surface area contributed by atoms with Gasteiger partial charge in [0.2, 0.25) is 0 Å². The molecule has 16 heavy (non-hydrogen) atoms. The highest BCUT2D eigenvalue weighted by molar-refractivity contribution is 9.10. The Morgan fingerprint density at radius 3 is 2.69 bits per heavy atom. The molecule has 84 valence electrons. The van der Waals surface area contributed by atoms with Crippen LogP contribution < -0.4 is 5.73 Å². The average Bonchev–Trinajstić information content (AvgIpc) is 2.81. The van der Waals surface area contributed by atoms with Crippen LogP contribution in [-0.2, 0) is 0 Å². The first-order valence-corrected chi connectivity index (χ1v) is 6.63. The molecule has 0 aliphatic heterocycles. The van der Waals surface area contributed by atoms with Crippen molar-refractivity contribution >= 4 is 27.7 Å². The maximum Gasteiger partial charge on any atom is 0.118 e. The standard InChI is InChI=1S/C12H12BrNOS/c13-9-4-1-2-6-11(9)16-12(8-14)10-5-3-7-15-10/h1-7,12H,8,14H2. The average molecular weight is 298 g/mol. The van der Waals surface area contributed by atoms with Gasteiger partial charge in [-0.1, -0.05) is 12.1 Å². The zero-order valence-electron chi connectivity index (χ0n) is 8.60. The normalized spacial score (nSPS) is 12.6. The van der Waals surface area contributed by atoms with Crippen molar-refractivity contribution in [2.75, 3.05) is 6.54 Å². The highest BCUT2D eigenvalue weighted by atomic mass is 79.9. The molecule has 0 saturated heterocycles. The molecule has 1 aromatic heterocycles. The number of nitrogens with two attached hydrogens (primary N) is 1. The molecule has 0 saturated carbocycles. The van der Waals surface area contributed by atoms with Crippen LogP contribution in [0.1, 0.15) is 11.0 Å². The van der Waals surface area contributed by atoms with Gasteiger partial charge in [-0.05, 0) is 40.2 Å². The first-order chi connectivity index (χ1) is 7.81. The van der Waals surface area contributed by atoms with E-state index in [4.69, 9.17) is 10.2 Å². The van der Waals surface area contributed by atoms with Crippen LogP contribution in [0.15, 0.2) is 56.4 Å². The molecule has 1 aromatic carbocycles. The van der Waals surface area contributed by atoms with Gasteiger partial charge in [0.1, 0.15) is 5.76 Å². The van der Waals surface area contributed by atoms with Crippen molar-refractivity contribution in [3.63, 3.8) is 0 Å². The molecule has 4 heteroatoms. The minimum absolute atomic E-state index is 0.161. The van der Waals surface area contributed by atoms with E-state index in [9.17, 15) is 0 Å². The van der Waals surface area contributed by atoms with Crippen LogP contribution in [0, 0.1) is 0 Å². The number of furan rings is 1. The fraction of sp³-hybridized carbons (Fsp3) is 0.167. The van der Waals surface area contributed by atoms with Gasteiger partial charge in [0, 0.05) is 15.9 Å². The Morgan fingerprint density at radius 1 is 1.25 bits per heavy atom. The predicted molar refractivity (Wildman–Crippen MR) is 70.5 cm³/mol. The van der Waals surface area contributed by atoms with Crippen molar-refractivity contribution in [2.24, 2.45) is 5.73 Å². The molecule has 2 aromatic rings. The van der Waals surface area contributed by atoms with E-state index in [0.29, 0.717) is 6.54 Å². The molecule has 1 heterocycles. The lowest BCUT2D eigenvalue weighted by Crippen LogP contribution is -2.08. The van der Waals surface area contributed by atoms with Crippen LogP contribution in [0.4, 0.5) is 0 Å². The number of hydrogen-bond donors (Lipinski definition) is 1. The van der Waals surface area contributed by atoms with Crippen molar-refractivity contribution in [3.8, 4) is 0 Å². The molecule has 2 N–H and O–H groups in total. The van der Waals surface area contributed by atoms with Gasteiger partial charge in [-0.2, -0.15) is 0 Å². The highest BCUT2D eigenvalue weighted by Crippen LogP contribution is 2.38. The maximum atomic E-state index is 5.77. The Balaban J connectivity index is 2.17. The molecule has 1 atom stereocenters. The lowest BCUT2D eigenvalue weighted by molar-refractivity contribution is 0.507. The van der Waals surface area contributed by atoms with E-state index in [1.165, 1.54) is 4.90 Å². The van der Waals surface area contributed by atoms with Crippen molar-refractivity contribution in [3.05, 3.63) is 52.9 Å². The van der Waals surface area contributed by atoms with Crippen molar-refractivity contribution < 1.29 is 4.42 Å². The third-order valence-electron chi connectivity index (χ3n) is 2.18. The van der Waals surface area contributed by atoms with Crippen LogP contribution in [0.25, 0.3) is 0 Å². The van der Waals surface area contributed by atoms with Crippen molar-refractivity contribution in [2.45, 2.75) is 10.1 Å². The second-order valence-corrected chi connectivity index (χ2v) is 5.39. The molecular formula is C12H12BrNOS. The predicted octanol–water partition coefficient (Wildman–Crippen LogP) is 3.83. The van der Waals surface area contributed by atoms with Crippen LogP contribution in [0.3, 0.4) is 0 Å². The third-order valence-corrected chi connectivity index (χ3v) is 4.45. The lowest BCUT2D eigenvalue weighted by atomic mass is 10.3. The number of hydrogen-bond acceptors (Lipinski definition) is 3. The Hall–Kier alpha value is -0.710. The van der Waals surface area contributed by atoms with Gasteiger partial charge in [-0.25, -0.2) is 0 Å². The van der Waals surface area contributed by atoms with E-state index < -0.39 is 0 Å². The summed E-state index contributed by atoms with van der Waals surface area (Å²) in [6.07, 6.45) is 1.68. The van der Waals surface area contributed by atoms with E-state index in [0.717, 1.165) is 10.2 Å². The van der Waals surface area contributed by atoms with Gasteiger partial charge in [-0.15, -0.1) is 11.8 Å². The van der Waals surface area contributed by atoms with Crippen molar-refractivity contribution in [1.82, 2.24) is 0 Å². The second-order valence-electron chi connectivity index (χ2n) is 3.29. The Kier molecular flexibility index (Phi) is 4.09. The smallest absolute Gasteiger partial charge is 0.118 e. The quantitative estimate of drug-likeness (QED) is 0.872. The third kappa shape index (κ3) is 2.70. The summed E-state index contributed by atoms with van der Waals surface area (Å²) >= 11 is 5.23. The van der Waals surface area contributed by atoms with Crippen molar-refractivity contribution in [1.29, 1.82) is 0 Å². The Labute approximate surface area is 107 Å². The van der Waals surface area contributed by atoms with Crippen LogP contribution in [-0.4, -0.2) is 6.54 Å². The Bertz CT molecular complexity index is 444. The summed E-state index contributed by atoms with van der Waals surface area (Å²) in [4.78, 5) is 1.18. The van der Waals surface area contributed by atoms with Gasteiger partial charge in [-0.3, -0.25) is 0 Å². The van der Waals surface area contributed by atoms with Crippen LogP contribution in [0.2, 0.25) is 0 Å². The molecular weight excluding hydrogens is 286 g/mol. The summed E-state index contributed by atoms with van der Waals surface area (Å²) in [6, 6.07) is 12.0. The highest BCUT2D eigenvalue weighted by Gasteiger charge is 2.15. The molecule has 2 rings (SSSR count). The topological polar surface area (TPSA) is 39.2 Å². The molecule has 0 radical (unpaired) electrons. The van der Waals surface area contributed by atoms with Crippen LogP contribution >= 0.6 is 27.7 Å². The molecule has 0 amide bonds. The number of benzene rings is 1. The zero-order valence-corrected chi connectivity index (χ0v) is 11.0. The Morgan fingerprint density at radius 2 is 2.06 bits per heavy atom. The molecule has 0 aliphatic carbocycles. The first kappa shape index (κ1) is 11.8. The van der Waals surface area contributed by atoms with Gasteiger partial charge in [0.25, 0.3) is 0 Å². The van der Waals surface area contributed by atoms with Gasteiger partial charge >= 0.3 is 0 Å². The summed E-state index contributed by atoms with van der Waals surface area (Å²) in [5, 5.41) is 0.161. The molecule has 2 nitrogen and oxygen atoms in total. The van der Waals surface area contributed by atoms with Gasteiger partial charge in [0.15, 0.2) is 0 Å². The molecule has 0 spiro atoms. The molecule has 0 bridgehead atoms. The summed E-state index contributed by atoms with van der Waals surface area (Å²) in [5.41, 5.74) is 5.77. The lowest BCUT2D eigenvalue weighted by Gasteiger charge is -2.12. The van der Waals surface area contributed by atoms with E-state index in [1.54, 1.807) is 18.0 Å². The van der Waals surface area contributed by atoms with Gasteiger partial charge < -0.3 is 10.2 Å². The fourth-order valence-electron chi connectivity index (χ4n) is 1.39. The number of halogens is 1. The largest absolute Gasteiger partial charge is 0.468 e. The molecule has 0 fully saturated rings. The van der Waals surface area contributed by atoms with E-state index in [1.807, 2.05) is 30.3 Å². The monoisotopic (exact) mass is 297 g/mol. The first-order valence-electron chi connectivity index (χ1n) is 4.96. The summed E-state index contributed by atoms with van der Waals surface area (Å²) in [5.74, 6) is 0.920. The van der Waals surface area contributed by atoms with E-state index in [-0.39, 0.29) is 5.25 Å². The zero-order chi connectivity index (χ0) is 11.4. The van der Waals surface area contributed by atoms with E-state index >= 15 is 0 Å². The number of thioether (sulfide) groups is 1. The number of rotatable bonds is 4. The summed E-state index contributed by atoms with van der Waals surface area (Å²) in [6.45, 7) is 0.555. The van der Waals surface area contributed by atoms with E-state index in [2.05, 4.69) is 22.0 Å². The molecule has 1 unspecified atom stereocenters. The minimum Gasteiger partial charge on any atom is -0.468 e. The summed E-state index contributed by atoms with van der Waals surface area (Å²) < 4.78 is 6.47. The molecule has 0 aliphatic rings. The maximum absolute atomic E-state index is 5.77. The minimum atomic E-state index is 0.161. The second kappa shape index (κ2) is 5.57.